The van der Waals surface area contributed by atoms with Gasteiger partial charge in [0.15, 0.2) is 0 Å². The van der Waals surface area contributed by atoms with Crippen LogP contribution in [0.5, 0.6) is 0 Å². The molecule has 0 unspecified atom stereocenters. The first-order valence-corrected chi connectivity index (χ1v) is 3.27. The van der Waals surface area contributed by atoms with E-state index in [1.807, 2.05) is 13.1 Å². The highest BCUT2D eigenvalue weighted by Crippen LogP contribution is 1.96. The molecule has 0 aliphatic rings. The van der Waals surface area contributed by atoms with Crippen LogP contribution in [0.15, 0.2) is 6.20 Å². The third-order valence-electron chi connectivity index (χ3n) is 1.26. The highest BCUT2D eigenvalue weighted by Gasteiger charge is 1.94. The van der Waals surface area contributed by atoms with E-state index in [2.05, 4.69) is 9.97 Å². The zero-order valence-corrected chi connectivity index (χ0v) is 5.92. The molecule has 0 saturated heterocycles. The first-order valence-electron chi connectivity index (χ1n) is 3.27. The summed E-state index contributed by atoms with van der Waals surface area (Å²) in [6.45, 7) is 1.92. The number of rotatable bonds is 3. The van der Waals surface area contributed by atoms with Gasteiger partial charge in [-0.1, -0.05) is 0 Å². The van der Waals surface area contributed by atoms with Crippen LogP contribution >= 0.6 is 0 Å². The number of imidazole rings is 1. The Bertz CT molecular complexity index is 217. The van der Waals surface area contributed by atoms with E-state index in [0.717, 1.165) is 24.2 Å². The lowest BCUT2D eigenvalue weighted by Crippen LogP contribution is -1.88. The van der Waals surface area contributed by atoms with Crippen LogP contribution in [0, 0.1) is 6.92 Å². The average Bonchev–Trinajstić information content (AvgIpc) is 2.31. The summed E-state index contributed by atoms with van der Waals surface area (Å²) in [5.74, 6) is 0.893. The topological polar surface area (TPSA) is 45.8 Å². The zero-order valence-electron chi connectivity index (χ0n) is 5.92. The molecule has 10 heavy (non-hydrogen) atoms. The predicted octanol–water partition coefficient (Wildman–Crippen LogP) is 0.850. The summed E-state index contributed by atoms with van der Waals surface area (Å²) in [5.41, 5.74) is 0.973. The molecule has 0 aliphatic carbocycles. The van der Waals surface area contributed by atoms with E-state index in [1.165, 1.54) is 0 Å². The van der Waals surface area contributed by atoms with Crippen LogP contribution in [0.4, 0.5) is 0 Å². The van der Waals surface area contributed by atoms with Crippen molar-refractivity contribution in [3.8, 4) is 0 Å². The summed E-state index contributed by atoms with van der Waals surface area (Å²) in [6, 6.07) is 0. The number of carbonyl (C=O) groups is 1. The van der Waals surface area contributed by atoms with Gasteiger partial charge in [-0.3, -0.25) is 0 Å². The van der Waals surface area contributed by atoms with Crippen LogP contribution in [0.1, 0.15) is 17.9 Å². The van der Waals surface area contributed by atoms with E-state index in [4.69, 9.17) is 0 Å². The maximum atomic E-state index is 9.94. The smallest absolute Gasteiger partial charge is 0.120 e. The quantitative estimate of drug-likeness (QED) is 0.629. The van der Waals surface area contributed by atoms with E-state index < -0.39 is 0 Å². The normalized spacial score (nSPS) is 9.70. The minimum Gasteiger partial charge on any atom is -0.348 e. The number of nitrogens with one attached hydrogen (secondary N) is 1. The second-order valence-corrected chi connectivity index (χ2v) is 2.19. The van der Waals surface area contributed by atoms with Crippen molar-refractivity contribution in [2.45, 2.75) is 19.8 Å². The Labute approximate surface area is 59.5 Å². The summed E-state index contributed by atoms with van der Waals surface area (Å²) in [4.78, 5) is 17.0. The molecule has 0 atom stereocenters. The first kappa shape index (κ1) is 6.99. The van der Waals surface area contributed by atoms with Gasteiger partial charge in [-0.15, -0.1) is 0 Å². The van der Waals surface area contributed by atoms with Crippen molar-refractivity contribution in [2.24, 2.45) is 0 Å². The molecule has 0 aromatic carbocycles. The summed E-state index contributed by atoms with van der Waals surface area (Å²) in [5, 5.41) is 0. The molecule has 0 radical (unpaired) electrons. The molecule has 0 amide bonds. The maximum Gasteiger partial charge on any atom is 0.120 e. The van der Waals surface area contributed by atoms with Gasteiger partial charge in [-0.2, -0.15) is 0 Å². The lowest BCUT2D eigenvalue weighted by atomic mass is 10.3. The number of H-pyrrole nitrogens is 1. The Morgan fingerprint density at radius 2 is 2.60 bits per heavy atom. The Morgan fingerprint density at radius 3 is 3.10 bits per heavy atom. The van der Waals surface area contributed by atoms with Crippen LogP contribution in [0.2, 0.25) is 0 Å². The third kappa shape index (κ3) is 1.69. The third-order valence-corrected chi connectivity index (χ3v) is 1.26. The number of nitrogens with zero attached hydrogens (tertiary/aromatic N) is 1. The molecule has 54 valence electrons. The van der Waals surface area contributed by atoms with Crippen molar-refractivity contribution >= 4 is 6.29 Å². The van der Waals surface area contributed by atoms with Gasteiger partial charge >= 0.3 is 0 Å². The number of aryl methyl sites for hydroxylation is 2. The largest absolute Gasteiger partial charge is 0.348 e. The van der Waals surface area contributed by atoms with Gasteiger partial charge in [0, 0.05) is 19.0 Å². The molecule has 3 heteroatoms. The highest BCUT2D eigenvalue weighted by molar-refractivity contribution is 5.49. The van der Waals surface area contributed by atoms with Gasteiger partial charge in [-0.05, 0) is 6.92 Å². The number of hydrogen-bond acceptors (Lipinski definition) is 2. The number of carbonyl (C=O) groups excluding carboxylic acids is 1. The van der Waals surface area contributed by atoms with Crippen LogP contribution < -0.4 is 0 Å². The molecule has 0 bridgehead atoms. The average molecular weight is 138 g/mol. The van der Waals surface area contributed by atoms with Crippen molar-refractivity contribution in [2.75, 3.05) is 0 Å². The first-order chi connectivity index (χ1) is 4.83. The van der Waals surface area contributed by atoms with Gasteiger partial charge in [0.25, 0.3) is 0 Å². The van der Waals surface area contributed by atoms with Gasteiger partial charge in [0.2, 0.25) is 0 Å². The molecule has 1 aromatic heterocycles. The van der Waals surface area contributed by atoms with Crippen molar-refractivity contribution in [1.82, 2.24) is 9.97 Å². The summed E-state index contributed by atoms with van der Waals surface area (Å²) in [7, 11) is 0. The van der Waals surface area contributed by atoms with Crippen molar-refractivity contribution in [3.63, 3.8) is 0 Å². The standard InChI is InChI=1S/C7H10N2O/c1-6-5-8-7(9-6)3-2-4-10/h4-5H,2-3H2,1H3,(H,8,9). The van der Waals surface area contributed by atoms with Gasteiger partial charge < -0.3 is 9.78 Å². The van der Waals surface area contributed by atoms with Crippen molar-refractivity contribution in [3.05, 3.63) is 17.7 Å². The number of aromatic nitrogens is 2. The van der Waals surface area contributed by atoms with E-state index in [1.54, 1.807) is 0 Å². The Balaban J connectivity index is 2.49. The molecular formula is C7H10N2O. The van der Waals surface area contributed by atoms with Gasteiger partial charge in [0.05, 0.1) is 5.69 Å². The second-order valence-electron chi connectivity index (χ2n) is 2.19. The molecule has 0 aliphatic heterocycles. The van der Waals surface area contributed by atoms with Crippen LogP contribution in [-0.2, 0) is 11.2 Å². The van der Waals surface area contributed by atoms with E-state index >= 15 is 0 Å². The minimum absolute atomic E-state index is 0.549. The van der Waals surface area contributed by atoms with E-state index in [9.17, 15) is 4.79 Å². The molecule has 1 N–H and O–H groups in total. The molecular weight excluding hydrogens is 128 g/mol. The summed E-state index contributed by atoms with van der Waals surface area (Å²) >= 11 is 0. The molecule has 0 saturated carbocycles. The van der Waals surface area contributed by atoms with E-state index in [-0.39, 0.29) is 0 Å². The lowest BCUT2D eigenvalue weighted by Gasteiger charge is -1.86. The monoisotopic (exact) mass is 138 g/mol. The predicted molar refractivity (Wildman–Crippen MR) is 37.7 cm³/mol. The van der Waals surface area contributed by atoms with Crippen LogP contribution in [-0.4, -0.2) is 16.3 Å². The summed E-state index contributed by atoms with van der Waals surface area (Å²) in [6.07, 6.45) is 4.00. The SMILES string of the molecule is Cc1c[nH]c(CCC=O)n1. The zero-order chi connectivity index (χ0) is 7.40. The summed E-state index contributed by atoms with van der Waals surface area (Å²) < 4.78 is 0. The fourth-order valence-electron chi connectivity index (χ4n) is 0.789. The highest BCUT2D eigenvalue weighted by atomic mass is 16.1. The Hall–Kier alpha value is -1.12. The van der Waals surface area contributed by atoms with Crippen LogP contribution in [0.25, 0.3) is 0 Å². The minimum atomic E-state index is 0.549. The van der Waals surface area contributed by atoms with Crippen LogP contribution in [0.3, 0.4) is 0 Å². The fourth-order valence-corrected chi connectivity index (χ4v) is 0.789. The lowest BCUT2D eigenvalue weighted by molar-refractivity contribution is -0.107. The van der Waals surface area contributed by atoms with E-state index in [0.29, 0.717) is 6.42 Å². The maximum absolute atomic E-state index is 9.94. The molecule has 1 rings (SSSR count). The molecule has 0 fully saturated rings. The van der Waals surface area contributed by atoms with Crippen molar-refractivity contribution < 1.29 is 4.79 Å². The van der Waals surface area contributed by atoms with Crippen molar-refractivity contribution in [1.29, 1.82) is 0 Å². The molecule has 3 nitrogen and oxygen atoms in total. The molecule has 1 heterocycles. The number of hydrogen-bond donors (Lipinski definition) is 1. The van der Waals surface area contributed by atoms with Gasteiger partial charge in [-0.25, -0.2) is 4.98 Å². The number of aldehydes is 1. The molecule has 0 spiro atoms. The Morgan fingerprint density at radius 1 is 1.80 bits per heavy atom. The van der Waals surface area contributed by atoms with Gasteiger partial charge in [0.1, 0.15) is 12.1 Å². The Kier molecular flexibility index (Phi) is 2.20. The number of aromatic amines is 1. The second kappa shape index (κ2) is 3.15. The molecule has 1 aromatic rings. The fraction of sp³-hybridized carbons (Fsp3) is 0.429.